The maximum atomic E-state index is 11.4. The van der Waals surface area contributed by atoms with Gasteiger partial charge in [0.25, 0.3) is 0 Å². The summed E-state index contributed by atoms with van der Waals surface area (Å²) in [5.74, 6) is 0.246. The first-order valence-corrected chi connectivity index (χ1v) is 7.09. The fourth-order valence-electron chi connectivity index (χ4n) is 2.31. The van der Waals surface area contributed by atoms with Crippen molar-refractivity contribution in [3.8, 4) is 28.4 Å². The molecule has 1 amide bonds. The van der Waals surface area contributed by atoms with Crippen LogP contribution in [0.4, 0.5) is 0 Å². The predicted octanol–water partition coefficient (Wildman–Crippen LogP) is 3.14. The number of nitrogens with one attached hydrogen (secondary N) is 1. The van der Waals surface area contributed by atoms with E-state index in [9.17, 15) is 15.0 Å². The summed E-state index contributed by atoms with van der Waals surface area (Å²) in [5, 5.41) is 22.3. The van der Waals surface area contributed by atoms with Gasteiger partial charge in [0.1, 0.15) is 17.2 Å². The molecule has 2 rings (SSSR count). The maximum Gasteiger partial charge on any atom is 0.243 e. The lowest BCUT2D eigenvalue weighted by Crippen LogP contribution is -2.24. The van der Waals surface area contributed by atoms with Gasteiger partial charge in [-0.1, -0.05) is 12.6 Å². The number of phenols is 2. The van der Waals surface area contributed by atoms with E-state index < -0.39 is 0 Å². The number of benzene rings is 2. The van der Waals surface area contributed by atoms with Crippen molar-refractivity contribution in [2.45, 2.75) is 13.0 Å². The number of aromatic hydroxyl groups is 2. The summed E-state index contributed by atoms with van der Waals surface area (Å²) in [4.78, 5) is 11.4. The highest BCUT2D eigenvalue weighted by molar-refractivity contribution is 5.87. The Morgan fingerprint density at radius 1 is 1.22 bits per heavy atom. The highest BCUT2D eigenvalue weighted by Crippen LogP contribution is 2.38. The predicted molar refractivity (Wildman–Crippen MR) is 88.5 cm³/mol. The Balaban J connectivity index is 2.47. The Morgan fingerprint density at radius 3 is 2.57 bits per heavy atom. The second-order valence-corrected chi connectivity index (χ2v) is 5.10. The number of hydrogen-bond donors (Lipinski definition) is 3. The van der Waals surface area contributed by atoms with E-state index in [1.165, 1.54) is 18.2 Å². The number of carbonyl (C=O) groups excluding carboxylic acids is 1. The minimum atomic E-state index is -0.262. The van der Waals surface area contributed by atoms with Crippen molar-refractivity contribution >= 4 is 5.91 Å². The van der Waals surface area contributed by atoms with Crippen molar-refractivity contribution in [1.82, 2.24) is 5.32 Å². The van der Waals surface area contributed by atoms with E-state index >= 15 is 0 Å². The van der Waals surface area contributed by atoms with Crippen LogP contribution < -0.4 is 10.1 Å². The Bertz CT molecular complexity index is 740. The molecule has 0 spiro atoms. The van der Waals surface area contributed by atoms with E-state index in [2.05, 4.69) is 11.9 Å². The van der Waals surface area contributed by atoms with Gasteiger partial charge in [0.15, 0.2) is 0 Å². The molecule has 0 aromatic heterocycles. The molecule has 120 valence electrons. The summed E-state index contributed by atoms with van der Waals surface area (Å²) in [5.41, 5.74) is 2.05. The van der Waals surface area contributed by atoms with Crippen molar-refractivity contribution in [1.29, 1.82) is 0 Å². The average Bonchev–Trinajstić information content (AvgIpc) is 2.54. The normalized spacial score (nSPS) is 11.6. The molecule has 3 N–H and O–H groups in total. The molecular weight excluding hydrogens is 294 g/mol. The zero-order valence-corrected chi connectivity index (χ0v) is 13.0. The summed E-state index contributed by atoms with van der Waals surface area (Å²) in [6.45, 7) is 5.28. The molecule has 0 radical (unpaired) electrons. The van der Waals surface area contributed by atoms with Gasteiger partial charge in [0, 0.05) is 17.2 Å². The molecule has 2 aromatic carbocycles. The summed E-state index contributed by atoms with van der Waals surface area (Å²) in [6.07, 6.45) is 1.22. The largest absolute Gasteiger partial charge is 0.508 e. The van der Waals surface area contributed by atoms with E-state index in [0.717, 1.165) is 5.56 Å². The summed E-state index contributed by atoms with van der Waals surface area (Å²) in [6, 6.07) is 9.58. The molecule has 5 heteroatoms. The number of phenolic OH excluding ortho intramolecular Hbond substituents is 2. The number of amides is 1. The zero-order chi connectivity index (χ0) is 17.0. The summed E-state index contributed by atoms with van der Waals surface area (Å²) < 4.78 is 5.34. The van der Waals surface area contributed by atoms with Gasteiger partial charge < -0.3 is 20.3 Å². The fourth-order valence-corrected chi connectivity index (χ4v) is 2.31. The number of methoxy groups -OCH3 is 1. The van der Waals surface area contributed by atoms with Crippen molar-refractivity contribution in [2.75, 3.05) is 7.11 Å². The van der Waals surface area contributed by atoms with Crippen LogP contribution in [0.2, 0.25) is 0 Å². The summed E-state index contributed by atoms with van der Waals surface area (Å²) >= 11 is 0. The van der Waals surface area contributed by atoms with Crippen LogP contribution in [0.1, 0.15) is 18.5 Å². The summed E-state index contributed by atoms with van der Waals surface area (Å²) in [7, 11) is 1.54. The molecule has 0 heterocycles. The standard InChI is InChI=1S/C18H19NO4/c1-4-18(22)19-11(2)12-5-8-17(23-3)15(9-12)14-7-6-13(20)10-16(14)21/h4-11,20-21H,1H2,2-3H3,(H,19,22). The van der Waals surface area contributed by atoms with Gasteiger partial charge in [0.2, 0.25) is 5.91 Å². The lowest BCUT2D eigenvalue weighted by molar-refractivity contribution is -0.117. The van der Waals surface area contributed by atoms with Crippen LogP contribution in [0.15, 0.2) is 49.1 Å². The molecule has 0 fully saturated rings. The lowest BCUT2D eigenvalue weighted by atomic mass is 9.98. The minimum absolute atomic E-state index is 0.0204. The van der Waals surface area contributed by atoms with Crippen LogP contribution in [-0.4, -0.2) is 23.2 Å². The molecule has 0 aliphatic rings. The van der Waals surface area contributed by atoms with Crippen LogP contribution in [0, 0.1) is 0 Å². The third-order valence-electron chi connectivity index (χ3n) is 3.54. The second-order valence-electron chi connectivity index (χ2n) is 5.10. The van der Waals surface area contributed by atoms with E-state index in [0.29, 0.717) is 16.9 Å². The molecule has 5 nitrogen and oxygen atoms in total. The van der Waals surface area contributed by atoms with E-state index in [-0.39, 0.29) is 23.4 Å². The number of hydrogen-bond acceptors (Lipinski definition) is 4. The zero-order valence-electron chi connectivity index (χ0n) is 13.0. The van der Waals surface area contributed by atoms with Crippen LogP contribution in [-0.2, 0) is 4.79 Å². The molecule has 0 aliphatic carbocycles. The number of carbonyl (C=O) groups is 1. The van der Waals surface area contributed by atoms with Gasteiger partial charge in [-0.15, -0.1) is 0 Å². The Morgan fingerprint density at radius 2 is 1.96 bits per heavy atom. The maximum absolute atomic E-state index is 11.4. The Kier molecular flexibility index (Phi) is 4.91. The van der Waals surface area contributed by atoms with Crippen molar-refractivity contribution in [3.63, 3.8) is 0 Å². The first-order chi connectivity index (χ1) is 11.0. The molecule has 23 heavy (non-hydrogen) atoms. The molecule has 0 bridgehead atoms. The Labute approximate surface area is 134 Å². The first-order valence-electron chi connectivity index (χ1n) is 7.09. The van der Waals surface area contributed by atoms with Crippen molar-refractivity contribution in [3.05, 3.63) is 54.6 Å². The Hall–Kier alpha value is -2.95. The molecule has 0 saturated carbocycles. The third-order valence-corrected chi connectivity index (χ3v) is 3.54. The highest BCUT2D eigenvalue weighted by Gasteiger charge is 2.15. The van der Waals surface area contributed by atoms with Gasteiger partial charge in [0.05, 0.1) is 13.2 Å². The van der Waals surface area contributed by atoms with Crippen LogP contribution >= 0.6 is 0 Å². The molecule has 0 aliphatic heterocycles. The highest BCUT2D eigenvalue weighted by atomic mass is 16.5. The van der Waals surface area contributed by atoms with Crippen molar-refractivity contribution in [2.24, 2.45) is 0 Å². The van der Waals surface area contributed by atoms with E-state index in [4.69, 9.17) is 4.74 Å². The monoisotopic (exact) mass is 313 g/mol. The SMILES string of the molecule is C=CC(=O)NC(C)c1ccc(OC)c(-c2ccc(O)cc2O)c1. The third kappa shape index (κ3) is 3.63. The minimum Gasteiger partial charge on any atom is -0.508 e. The second kappa shape index (κ2) is 6.87. The van der Waals surface area contributed by atoms with Gasteiger partial charge >= 0.3 is 0 Å². The molecule has 0 saturated heterocycles. The van der Waals surface area contributed by atoms with Crippen molar-refractivity contribution < 1.29 is 19.7 Å². The first kappa shape index (κ1) is 16.4. The molecule has 1 atom stereocenters. The van der Waals surface area contributed by atoms with Gasteiger partial charge in [-0.25, -0.2) is 0 Å². The topological polar surface area (TPSA) is 78.8 Å². The van der Waals surface area contributed by atoms with Crippen LogP contribution in [0.5, 0.6) is 17.2 Å². The van der Waals surface area contributed by atoms with Gasteiger partial charge in [-0.3, -0.25) is 4.79 Å². The number of rotatable bonds is 5. The van der Waals surface area contributed by atoms with Gasteiger partial charge in [-0.2, -0.15) is 0 Å². The molecular formula is C18H19NO4. The van der Waals surface area contributed by atoms with Crippen LogP contribution in [0.3, 0.4) is 0 Å². The molecule has 1 unspecified atom stereocenters. The smallest absolute Gasteiger partial charge is 0.243 e. The van der Waals surface area contributed by atoms with E-state index in [1.54, 1.807) is 19.2 Å². The van der Waals surface area contributed by atoms with Crippen LogP contribution in [0.25, 0.3) is 11.1 Å². The lowest BCUT2D eigenvalue weighted by Gasteiger charge is -2.17. The van der Waals surface area contributed by atoms with Gasteiger partial charge in [-0.05, 0) is 42.8 Å². The average molecular weight is 313 g/mol. The molecule has 2 aromatic rings. The number of ether oxygens (including phenoxy) is 1. The van der Waals surface area contributed by atoms with E-state index in [1.807, 2.05) is 19.1 Å². The fraction of sp³-hybridized carbons (Fsp3) is 0.167. The quantitative estimate of drug-likeness (QED) is 0.741.